The van der Waals surface area contributed by atoms with Gasteiger partial charge in [-0.05, 0) is 94.0 Å². The van der Waals surface area contributed by atoms with Crippen LogP contribution in [0.4, 0.5) is 0 Å². The maximum absolute atomic E-state index is 13.9. The fraction of sp³-hybridized carbons (Fsp3) is 0.462. The number of hydrogen-bond acceptors (Lipinski definition) is 6. The van der Waals surface area contributed by atoms with Crippen LogP contribution in [0.5, 0.6) is 0 Å². The lowest BCUT2D eigenvalue weighted by molar-refractivity contribution is -0.119. The number of aromatic nitrogens is 2. The van der Waals surface area contributed by atoms with Gasteiger partial charge in [0.25, 0.3) is 5.56 Å². The average molecular weight is 493 g/mol. The molecule has 2 aliphatic rings. The SMILES string of the molecule is Cc1ccc(-n2c(SCC(=O)NC3(C#N)CCCC3)nc3sc4c(c3c2=O)CCCC4)cc1C. The van der Waals surface area contributed by atoms with Crippen LogP contribution in [0.2, 0.25) is 0 Å². The first-order valence-electron chi connectivity index (χ1n) is 11.9. The largest absolute Gasteiger partial charge is 0.337 e. The van der Waals surface area contributed by atoms with E-state index in [1.54, 1.807) is 15.9 Å². The predicted octanol–water partition coefficient (Wildman–Crippen LogP) is 4.99. The van der Waals surface area contributed by atoms with Crippen LogP contribution >= 0.6 is 23.1 Å². The third kappa shape index (κ3) is 4.16. The summed E-state index contributed by atoms with van der Waals surface area (Å²) < 4.78 is 1.67. The molecule has 1 fully saturated rings. The smallest absolute Gasteiger partial charge is 0.267 e. The molecule has 2 aliphatic carbocycles. The molecular formula is C26H28N4O2S2. The molecule has 2 heterocycles. The Morgan fingerprint density at radius 3 is 2.71 bits per heavy atom. The van der Waals surface area contributed by atoms with Gasteiger partial charge in [0, 0.05) is 4.88 Å². The van der Waals surface area contributed by atoms with Gasteiger partial charge in [-0.3, -0.25) is 14.2 Å². The van der Waals surface area contributed by atoms with Gasteiger partial charge in [-0.2, -0.15) is 5.26 Å². The number of carbonyl (C=O) groups is 1. The molecule has 0 unspecified atom stereocenters. The molecule has 0 radical (unpaired) electrons. The number of nitrogens with zero attached hydrogens (tertiary/aromatic N) is 3. The third-order valence-corrected chi connectivity index (χ3v) is 9.21. The van der Waals surface area contributed by atoms with E-state index in [0.29, 0.717) is 18.0 Å². The fourth-order valence-corrected chi connectivity index (χ4v) is 7.17. The summed E-state index contributed by atoms with van der Waals surface area (Å²) in [6.45, 7) is 4.08. The highest BCUT2D eigenvalue weighted by Gasteiger charge is 2.35. The van der Waals surface area contributed by atoms with Crippen LogP contribution in [0.3, 0.4) is 0 Å². The van der Waals surface area contributed by atoms with Crippen molar-refractivity contribution in [1.82, 2.24) is 14.9 Å². The summed E-state index contributed by atoms with van der Waals surface area (Å²) in [6, 6.07) is 8.28. The quantitative estimate of drug-likeness (QED) is 0.401. The minimum Gasteiger partial charge on any atom is -0.337 e. The summed E-state index contributed by atoms with van der Waals surface area (Å²) >= 11 is 2.88. The van der Waals surface area contributed by atoms with Crippen molar-refractivity contribution in [2.24, 2.45) is 0 Å². The molecule has 0 saturated heterocycles. The number of nitrogens with one attached hydrogen (secondary N) is 1. The second-order valence-corrected chi connectivity index (χ2v) is 11.5. The second kappa shape index (κ2) is 9.20. The zero-order valence-electron chi connectivity index (χ0n) is 19.6. The van der Waals surface area contributed by atoms with Crippen LogP contribution < -0.4 is 10.9 Å². The number of fused-ring (bicyclic) bond motifs is 3. The third-order valence-electron chi connectivity index (χ3n) is 7.09. The molecule has 8 heteroatoms. The molecular weight excluding hydrogens is 464 g/mol. The molecule has 1 amide bonds. The molecule has 0 atom stereocenters. The van der Waals surface area contributed by atoms with Gasteiger partial charge in [-0.15, -0.1) is 11.3 Å². The predicted molar refractivity (Wildman–Crippen MR) is 137 cm³/mol. The Balaban J connectivity index is 1.54. The molecule has 3 aromatic rings. The van der Waals surface area contributed by atoms with Gasteiger partial charge in [0.2, 0.25) is 5.91 Å². The average Bonchev–Trinajstić information content (AvgIpc) is 3.44. The van der Waals surface area contributed by atoms with Gasteiger partial charge >= 0.3 is 0 Å². The summed E-state index contributed by atoms with van der Waals surface area (Å²) in [5.74, 6) is -0.0861. The van der Waals surface area contributed by atoms with E-state index in [1.807, 2.05) is 32.0 Å². The van der Waals surface area contributed by atoms with Crippen LogP contribution in [0, 0.1) is 25.2 Å². The number of nitriles is 1. The fourth-order valence-electron chi connectivity index (χ4n) is 5.05. The van der Waals surface area contributed by atoms with Crippen LogP contribution in [-0.2, 0) is 17.6 Å². The summed E-state index contributed by atoms with van der Waals surface area (Å²) in [7, 11) is 0. The number of amides is 1. The van der Waals surface area contributed by atoms with Crippen molar-refractivity contribution in [3.05, 3.63) is 50.1 Å². The number of benzene rings is 1. The number of aryl methyl sites for hydroxylation is 4. The van der Waals surface area contributed by atoms with Gasteiger partial charge in [0.05, 0.1) is 22.9 Å². The van der Waals surface area contributed by atoms with Crippen LogP contribution in [-0.4, -0.2) is 26.8 Å². The number of hydrogen-bond donors (Lipinski definition) is 1. The highest BCUT2D eigenvalue weighted by Crippen LogP contribution is 2.35. The van der Waals surface area contributed by atoms with Crippen molar-refractivity contribution >= 4 is 39.2 Å². The minimum atomic E-state index is -0.754. The van der Waals surface area contributed by atoms with Crippen LogP contribution in [0.15, 0.2) is 28.2 Å². The normalized spacial score (nSPS) is 16.9. The molecule has 1 N–H and O–H groups in total. The van der Waals surface area contributed by atoms with Crippen molar-refractivity contribution in [1.29, 1.82) is 5.26 Å². The van der Waals surface area contributed by atoms with Gasteiger partial charge in [0.15, 0.2) is 5.16 Å². The van der Waals surface area contributed by atoms with Gasteiger partial charge < -0.3 is 5.32 Å². The van der Waals surface area contributed by atoms with E-state index in [1.165, 1.54) is 16.6 Å². The highest BCUT2D eigenvalue weighted by atomic mass is 32.2. The molecule has 0 spiro atoms. The first-order valence-corrected chi connectivity index (χ1v) is 13.7. The van der Waals surface area contributed by atoms with Crippen molar-refractivity contribution in [2.75, 3.05) is 5.75 Å². The van der Waals surface area contributed by atoms with E-state index in [-0.39, 0.29) is 17.2 Å². The molecule has 0 bridgehead atoms. The number of thiophene rings is 1. The van der Waals surface area contributed by atoms with Crippen molar-refractivity contribution in [2.45, 2.75) is 75.9 Å². The lowest BCUT2D eigenvalue weighted by Crippen LogP contribution is -2.45. The highest BCUT2D eigenvalue weighted by molar-refractivity contribution is 7.99. The van der Waals surface area contributed by atoms with E-state index in [2.05, 4.69) is 11.4 Å². The molecule has 1 aromatic carbocycles. The van der Waals surface area contributed by atoms with E-state index in [0.717, 1.165) is 71.1 Å². The zero-order chi connectivity index (χ0) is 23.9. The number of rotatable bonds is 5. The lowest BCUT2D eigenvalue weighted by Gasteiger charge is -2.22. The lowest BCUT2D eigenvalue weighted by atomic mass is 9.97. The standard InChI is InChI=1S/C26H28N4O2S2/c1-16-9-10-18(13-17(16)2)30-24(32)22-19-7-3-4-8-20(19)34-23(22)28-25(30)33-14-21(31)29-26(15-27)11-5-6-12-26/h9-10,13H,3-8,11-12,14H2,1-2H3,(H,29,31). The maximum atomic E-state index is 13.9. The van der Waals surface area contributed by atoms with Gasteiger partial charge in [-0.25, -0.2) is 4.98 Å². The van der Waals surface area contributed by atoms with Crippen LogP contribution in [0.25, 0.3) is 15.9 Å². The Morgan fingerprint density at radius 2 is 1.97 bits per heavy atom. The van der Waals surface area contributed by atoms with E-state index < -0.39 is 5.54 Å². The molecule has 1 saturated carbocycles. The van der Waals surface area contributed by atoms with Crippen molar-refractivity contribution in [3.63, 3.8) is 0 Å². The molecule has 5 rings (SSSR count). The van der Waals surface area contributed by atoms with E-state index >= 15 is 0 Å². The van der Waals surface area contributed by atoms with E-state index in [9.17, 15) is 14.9 Å². The summed E-state index contributed by atoms with van der Waals surface area (Å²) in [5.41, 5.74) is 3.38. The van der Waals surface area contributed by atoms with E-state index in [4.69, 9.17) is 4.98 Å². The Kier molecular flexibility index (Phi) is 6.26. The van der Waals surface area contributed by atoms with Gasteiger partial charge in [-0.1, -0.05) is 17.8 Å². The first kappa shape index (κ1) is 23.1. The Hall–Kier alpha value is -2.63. The second-order valence-electron chi connectivity index (χ2n) is 9.43. The Labute approximate surface area is 207 Å². The number of thioether (sulfide) groups is 1. The first-order chi connectivity index (χ1) is 16.4. The van der Waals surface area contributed by atoms with Crippen molar-refractivity contribution in [3.8, 4) is 11.8 Å². The minimum absolute atomic E-state index is 0.0557. The van der Waals surface area contributed by atoms with Gasteiger partial charge in [0.1, 0.15) is 10.4 Å². The topological polar surface area (TPSA) is 87.8 Å². The van der Waals surface area contributed by atoms with Crippen LogP contribution in [0.1, 0.15) is 60.1 Å². The molecule has 2 aromatic heterocycles. The Morgan fingerprint density at radius 1 is 1.21 bits per heavy atom. The molecule has 34 heavy (non-hydrogen) atoms. The number of carbonyl (C=O) groups excluding carboxylic acids is 1. The summed E-state index contributed by atoms with van der Waals surface area (Å²) in [4.78, 5) is 33.6. The maximum Gasteiger partial charge on any atom is 0.267 e. The zero-order valence-corrected chi connectivity index (χ0v) is 21.2. The summed E-state index contributed by atoms with van der Waals surface area (Å²) in [5, 5.41) is 13.8. The van der Waals surface area contributed by atoms with Crippen molar-refractivity contribution < 1.29 is 4.79 Å². The molecule has 176 valence electrons. The summed E-state index contributed by atoms with van der Waals surface area (Å²) in [6.07, 6.45) is 7.46. The molecule has 6 nitrogen and oxygen atoms in total. The molecule has 0 aliphatic heterocycles. The monoisotopic (exact) mass is 492 g/mol. The Bertz CT molecular complexity index is 1380.